The van der Waals surface area contributed by atoms with Gasteiger partial charge in [0.25, 0.3) is 0 Å². The third-order valence-electron chi connectivity index (χ3n) is 2.43. The van der Waals surface area contributed by atoms with Crippen LogP contribution in [0.3, 0.4) is 0 Å². The zero-order valence-electron chi connectivity index (χ0n) is 9.99. The van der Waals surface area contributed by atoms with Crippen LogP contribution < -0.4 is 10.6 Å². The Bertz CT molecular complexity index is 575. The summed E-state index contributed by atoms with van der Waals surface area (Å²) < 4.78 is 0.757. The average molecular weight is 340 g/mol. The summed E-state index contributed by atoms with van der Waals surface area (Å²) in [5.74, 6) is -0.119. The van der Waals surface area contributed by atoms with Crippen LogP contribution in [0.25, 0.3) is 0 Å². The molecular weight excluding hydrogens is 328 g/mol. The van der Waals surface area contributed by atoms with Crippen LogP contribution in [0.15, 0.2) is 53.0 Å². The fourth-order valence-electron chi connectivity index (χ4n) is 1.52. The molecule has 0 aliphatic heterocycles. The van der Waals surface area contributed by atoms with Crippen LogP contribution in [-0.2, 0) is 4.79 Å². The maximum Gasteiger partial charge on any atom is 0.243 e. The number of hydrogen-bond donors (Lipinski definition) is 2. The summed E-state index contributed by atoms with van der Waals surface area (Å²) in [6, 6.07) is 14.8. The molecule has 2 aromatic carbocycles. The van der Waals surface area contributed by atoms with Gasteiger partial charge in [0.15, 0.2) is 0 Å². The second-order valence-corrected chi connectivity index (χ2v) is 5.18. The first-order valence-corrected chi connectivity index (χ1v) is 6.86. The zero-order chi connectivity index (χ0) is 13.7. The molecule has 0 aliphatic carbocycles. The maximum absolute atomic E-state index is 11.8. The molecule has 5 heteroatoms. The normalized spacial score (nSPS) is 10.0. The predicted octanol–water partition coefficient (Wildman–Crippen LogP) is 4.15. The van der Waals surface area contributed by atoms with E-state index in [-0.39, 0.29) is 12.5 Å². The summed E-state index contributed by atoms with van der Waals surface area (Å²) in [5, 5.41) is 6.46. The number of anilines is 2. The van der Waals surface area contributed by atoms with Gasteiger partial charge in [0.2, 0.25) is 5.91 Å². The molecule has 0 saturated heterocycles. The summed E-state index contributed by atoms with van der Waals surface area (Å²) in [6.45, 7) is 0.207. The van der Waals surface area contributed by atoms with Crippen molar-refractivity contribution >= 4 is 44.8 Å². The second-order valence-electron chi connectivity index (χ2n) is 3.89. The van der Waals surface area contributed by atoms with E-state index in [4.69, 9.17) is 11.6 Å². The summed E-state index contributed by atoms with van der Waals surface area (Å²) in [4.78, 5) is 11.8. The Morgan fingerprint density at radius 2 is 1.89 bits per heavy atom. The molecule has 1 amide bonds. The molecule has 2 aromatic rings. The second kappa shape index (κ2) is 6.59. The minimum atomic E-state index is -0.119. The van der Waals surface area contributed by atoms with Crippen molar-refractivity contribution in [2.45, 2.75) is 0 Å². The van der Waals surface area contributed by atoms with E-state index in [2.05, 4.69) is 26.6 Å². The maximum atomic E-state index is 11.8. The van der Waals surface area contributed by atoms with E-state index in [0.29, 0.717) is 10.7 Å². The van der Waals surface area contributed by atoms with Crippen molar-refractivity contribution in [1.82, 2.24) is 0 Å². The standard InChI is InChI=1S/C14H12BrClN2O/c15-12-8-10(16)6-7-13(12)18-14(19)9-17-11-4-2-1-3-5-11/h1-8,17H,9H2,(H,18,19). The highest BCUT2D eigenvalue weighted by Gasteiger charge is 2.05. The Kier molecular flexibility index (Phi) is 4.82. The van der Waals surface area contributed by atoms with Gasteiger partial charge in [-0.05, 0) is 46.3 Å². The van der Waals surface area contributed by atoms with Gasteiger partial charge in [0.05, 0.1) is 12.2 Å². The Labute approximate surface area is 125 Å². The molecule has 0 aromatic heterocycles. The summed E-state index contributed by atoms with van der Waals surface area (Å²) in [5.41, 5.74) is 1.61. The summed E-state index contributed by atoms with van der Waals surface area (Å²) >= 11 is 9.19. The first kappa shape index (κ1) is 13.9. The van der Waals surface area contributed by atoms with Crippen molar-refractivity contribution in [3.63, 3.8) is 0 Å². The van der Waals surface area contributed by atoms with Crippen LogP contribution in [-0.4, -0.2) is 12.5 Å². The van der Waals surface area contributed by atoms with Crippen LogP contribution in [0, 0.1) is 0 Å². The molecule has 98 valence electrons. The molecule has 3 nitrogen and oxygen atoms in total. The minimum Gasteiger partial charge on any atom is -0.376 e. The zero-order valence-corrected chi connectivity index (χ0v) is 12.3. The van der Waals surface area contributed by atoms with Crippen LogP contribution in [0.5, 0.6) is 0 Å². The number of para-hydroxylation sites is 1. The Balaban J connectivity index is 1.91. The lowest BCUT2D eigenvalue weighted by Crippen LogP contribution is -2.21. The van der Waals surface area contributed by atoms with Crippen LogP contribution in [0.4, 0.5) is 11.4 Å². The Morgan fingerprint density at radius 1 is 1.16 bits per heavy atom. The smallest absolute Gasteiger partial charge is 0.243 e. The van der Waals surface area contributed by atoms with Crippen LogP contribution >= 0.6 is 27.5 Å². The molecule has 0 saturated carbocycles. The van der Waals surface area contributed by atoms with E-state index in [1.54, 1.807) is 18.2 Å². The van der Waals surface area contributed by atoms with Crippen molar-refractivity contribution in [3.05, 3.63) is 58.0 Å². The Hall–Kier alpha value is -1.52. The van der Waals surface area contributed by atoms with E-state index in [1.807, 2.05) is 30.3 Å². The van der Waals surface area contributed by atoms with E-state index >= 15 is 0 Å². The topological polar surface area (TPSA) is 41.1 Å². The largest absolute Gasteiger partial charge is 0.376 e. The molecule has 0 unspecified atom stereocenters. The van der Waals surface area contributed by atoms with Gasteiger partial charge in [-0.25, -0.2) is 0 Å². The van der Waals surface area contributed by atoms with Crippen LogP contribution in [0.1, 0.15) is 0 Å². The average Bonchev–Trinajstić information content (AvgIpc) is 2.41. The minimum absolute atomic E-state index is 0.119. The lowest BCUT2D eigenvalue weighted by Gasteiger charge is -2.09. The van der Waals surface area contributed by atoms with Crippen molar-refractivity contribution in [1.29, 1.82) is 0 Å². The number of amides is 1. The summed E-state index contributed by atoms with van der Waals surface area (Å²) in [7, 11) is 0. The molecule has 0 spiro atoms. The van der Waals surface area contributed by atoms with Crippen molar-refractivity contribution < 1.29 is 4.79 Å². The number of halogens is 2. The van der Waals surface area contributed by atoms with Crippen molar-refractivity contribution in [2.75, 3.05) is 17.2 Å². The fraction of sp³-hybridized carbons (Fsp3) is 0.0714. The fourth-order valence-corrected chi connectivity index (χ4v) is 2.31. The quantitative estimate of drug-likeness (QED) is 0.878. The molecule has 0 atom stereocenters. The van der Waals surface area contributed by atoms with Crippen molar-refractivity contribution in [2.24, 2.45) is 0 Å². The number of nitrogens with one attached hydrogen (secondary N) is 2. The number of benzene rings is 2. The van der Waals surface area contributed by atoms with Gasteiger partial charge < -0.3 is 10.6 Å². The van der Waals surface area contributed by atoms with Gasteiger partial charge >= 0.3 is 0 Å². The highest BCUT2D eigenvalue weighted by molar-refractivity contribution is 9.10. The molecule has 0 aliphatic rings. The highest BCUT2D eigenvalue weighted by Crippen LogP contribution is 2.25. The van der Waals surface area contributed by atoms with Crippen LogP contribution in [0.2, 0.25) is 5.02 Å². The van der Waals surface area contributed by atoms with Gasteiger partial charge in [-0.15, -0.1) is 0 Å². The first-order chi connectivity index (χ1) is 9.15. The van der Waals surface area contributed by atoms with Gasteiger partial charge in [-0.3, -0.25) is 4.79 Å². The van der Waals surface area contributed by atoms with E-state index in [9.17, 15) is 4.79 Å². The van der Waals surface area contributed by atoms with E-state index in [1.165, 1.54) is 0 Å². The number of rotatable bonds is 4. The highest BCUT2D eigenvalue weighted by atomic mass is 79.9. The molecule has 2 rings (SSSR count). The third-order valence-corrected chi connectivity index (χ3v) is 3.32. The predicted molar refractivity (Wildman–Crippen MR) is 82.7 cm³/mol. The molecule has 0 heterocycles. The molecular formula is C14H12BrClN2O. The molecule has 0 bridgehead atoms. The van der Waals surface area contributed by atoms with E-state index in [0.717, 1.165) is 10.2 Å². The molecule has 19 heavy (non-hydrogen) atoms. The Morgan fingerprint density at radius 3 is 2.58 bits per heavy atom. The van der Waals surface area contributed by atoms with Gasteiger partial charge in [0.1, 0.15) is 0 Å². The SMILES string of the molecule is O=C(CNc1ccccc1)Nc1ccc(Cl)cc1Br. The first-order valence-electron chi connectivity index (χ1n) is 5.69. The van der Waals surface area contributed by atoms with Crippen molar-refractivity contribution in [3.8, 4) is 0 Å². The molecule has 0 radical (unpaired) electrons. The number of hydrogen-bond acceptors (Lipinski definition) is 2. The van der Waals surface area contributed by atoms with Gasteiger partial charge in [-0.2, -0.15) is 0 Å². The monoisotopic (exact) mass is 338 g/mol. The number of carbonyl (C=O) groups is 1. The molecule has 2 N–H and O–H groups in total. The van der Waals surface area contributed by atoms with E-state index < -0.39 is 0 Å². The lowest BCUT2D eigenvalue weighted by molar-refractivity contribution is -0.114. The summed E-state index contributed by atoms with van der Waals surface area (Å²) in [6.07, 6.45) is 0. The van der Waals surface area contributed by atoms with Gasteiger partial charge in [-0.1, -0.05) is 29.8 Å². The van der Waals surface area contributed by atoms with Gasteiger partial charge in [0, 0.05) is 15.2 Å². The third kappa shape index (κ3) is 4.26. The number of carbonyl (C=O) groups excluding carboxylic acids is 1. The lowest BCUT2D eigenvalue weighted by atomic mass is 10.3. The molecule has 0 fully saturated rings.